The molecule has 2 heterocycles. The number of nitrogens with one attached hydrogen (secondary N) is 2. The van der Waals surface area contributed by atoms with E-state index < -0.39 is 17.3 Å². The van der Waals surface area contributed by atoms with Gasteiger partial charge in [0.15, 0.2) is 11.2 Å². The predicted molar refractivity (Wildman–Crippen MR) is 103 cm³/mol. The Morgan fingerprint density at radius 2 is 1.96 bits per heavy atom. The Labute approximate surface area is 159 Å². The van der Waals surface area contributed by atoms with Crippen molar-refractivity contribution in [2.75, 3.05) is 0 Å². The third-order valence-corrected chi connectivity index (χ3v) is 4.91. The fraction of sp³-hybridized carbons (Fsp3) is 0.200. The Hall–Kier alpha value is -3.55. The first-order valence-corrected chi connectivity index (χ1v) is 8.80. The standard InChI is InChI=1S/C20H18FN5O2/c1-10-4-5-13(8-11(10)2)12(3)22-19(27)17-18-20(28)23-15-9-14(21)6-7-16(15)26(18)25-24-17/h4-9,12H,1-3H3,(H,22,27)(H,23,28). The van der Waals surface area contributed by atoms with E-state index in [4.69, 9.17) is 0 Å². The predicted octanol–water partition coefficient (Wildman–Crippen LogP) is 2.82. The van der Waals surface area contributed by atoms with Gasteiger partial charge in [-0.15, -0.1) is 5.10 Å². The van der Waals surface area contributed by atoms with Crippen LogP contribution in [0, 0.1) is 19.7 Å². The second kappa shape index (κ2) is 6.56. The van der Waals surface area contributed by atoms with Gasteiger partial charge < -0.3 is 10.3 Å². The van der Waals surface area contributed by atoms with E-state index in [-0.39, 0.29) is 22.8 Å². The number of fused-ring (bicyclic) bond motifs is 3. The molecule has 0 aliphatic carbocycles. The minimum atomic E-state index is -0.563. The Morgan fingerprint density at radius 1 is 1.18 bits per heavy atom. The van der Waals surface area contributed by atoms with Crippen LogP contribution in [0.15, 0.2) is 41.2 Å². The monoisotopic (exact) mass is 379 g/mol. The normalized spacial score (nSPS) is 12.4. The van der Waals surface area contributed by atoms with Gasteiger partial charge in [0.1, 0.15) is 5.82 Å². The summed E-state index contributed by atoms with van der Waals surface area (Å²) in [6.45, 7) is 5.89. The SMILES string of the molecule is Cc1ccc(C(C)NC(=O)c2nnn3c2c(=O)[nH]c2cc(F)ccc23)cc1C. The Kier molecular flexibility index (Phi) is 4.18. The van der Waals surface area contributed by atoms with Gasteiger partial charge in [-0.3, -0.25) is 9.59 Å². The van der Waals surface area contributed by atoms with Crippen molar-refractivity contribution in [2.24, 2.45) is 0 Å². The van der Waals surface area contributed by atoms with E-state index in [2.05, 4.69) is 20.6 Å². The molecule has 1 atom stereocenters. The van der Waals surface area contributed by atoms with Crippen LogP contribution in [-0.2, 0) is 0 Å². The lowest BCUT2D eigenvalue weighted by atomic mass is 10.0. The number of aromatic amines is 1. The molecule has 2 aromatic heterocycles. The minimum Gasteiger partial charge on any atom is -0.344 e. The number of amides is 1. The quantitative estimate of drug-likeness (QED) is 0.573. The maximum absolute atomic E-state index is 13.4. The molecule has 1 amide bonds. The van der Waals surface area contributed by atoms with Crippen molar-refractivity contribution in [3.8, 4) is 0 Å². The van der Waals surface area contributed by atoms with E-state index in [0.29, 0.717) is 5.52 Å². The molecule has 8 heteroatoms. The molecule has 4 aromatic rings. The van der Waals surface area contributed by atoms with Gasteiger partial charge in [0.25, 0.3) is 11.5 Å². The van der Waals surface area contributed by atoms with Crippen LogP contribution in [-0.4, -0.2) is 25.7 Å². The average Bonchev–Trinajstić information content (AvgIpc) is 3.09. The van der Waals surface area contributed by atoms with Gasteiger partial charge in [-0.1, -0.05) is 23.4 Å². The number of carbonyl (C=O) groups is 1. The number of H-pyrrole nitrogens is 1. The molecular formula is C20H18FN5O2. The summed E-state index contributed by atoms with van der Waals surface area (Å²) in [5, 5.41) is 10.7. The van der Waals surface area contributed by atoms with E-state index in [1.165, 1.54) is 28.3 Å². The van der Waals surface area contributed by atoms with Crippen LogP contribution in [0.2, 0.25) is 0 Å². The van der Waals surface area contributed by atoms with Gasteiger partial charge >= 0.3 is 0 Å². The number of halogens is 1. The molecule has 0 saturated carbocycles. The van der Waals surface area contributed by atoms with Crippen LogP contribution in [0.1, 0.15) is 40.1 Å². The van der Waals surface area contributed by atoms with Crippen molar-refractivity contribution in [1.82, 2.24) is 25.1 Å². The van der Waals surface area contributed by atoms with Crippen molar-refractivity contribution >= 4 is 22.5 Å². The van der Waals surface area contributed by atoms with E-state index in [0.717, 1.165) is 11.1 Å². The first kappa shape index (κ1) is 17.8. The van der Waals surface area contributed by atoms with Gasteiger partial charge in [0.2, 0.25) is 0 Å². The molecule has 1 unspecified atom stereocenters. The third-order valence-electron chi connectivity index (χ3n) is 4.91. The zero-order valence-corrected chi connectivity index (χ0v) is 15.6. The molecule has 7 nitrogen and oxygen atoms in total. The lowest BCUT2D eigenvalue weighted by molar-refractivity contribution is 0.0936. The zero-order chi connectivity index (χ0) is 20.0. The second-order valence-electron chi connectivity index (χ2n) is 6.85. The highest BCUT2D eigenvalue weighted by Crippen LogP contribution is 2.18. The smallest absolute Gasteiger partial charge is 0.277 e. The molecular weight excluding hydrogens is 361 g/mol. The summed E-state index contributed by atoms with van der Waals surface area (Å²) in [4.78, 5) is 27.8. The van der Waals surface area contributed by atoms with Crippen molar-refractivity contribution in [3.63, 3.8) is 0 Å². The largest absolute Gasteiger partial charge is 0.344 e. The molecule has 0 fully saturated rings. The van der Waals surface area contributed by atoms with Crippen molar-refractivity contribution < 1.29 is 9.18 Å². The van der Waals surface area contributed by atoms with Gasteiger partial charge in [0, 0.05) is 0 Å². The fourth-order valence-electron chi connectivity index (χ4n) is 3.16. The van der Waals surface area contributed by atoms with Gasteiger partial charge in [0.05, 0.1) is 17.1 Å². The number of hydrogen-bond acceptors (Lipinski definition) is 4. The average molecular weight is 379 g/mol. The van der Waals surface area contributed by atoms with Crippen molar-refractivity contribution in [1.29, 1.82) is 0 Å². The summed E-state index contributed by atoms with van der Waals surface area (Å²) in [7, 11) is 0. The number of hydrogen-bond donors (Lipinski definition) is 2. The lowest BCUT2D eigenvalue weighted by Gasteiger charge is -2.15. The summed E-state index contributed by atoms with van der Waals surface area (Å²) in [6.07, 6.45) is 0. The Bertz CT molecular complexity index is 1290. The molecule has 2 aromatic carbocycles. The molecule has 0 aliphatic rings. The van der Waals surface area contributed by atoms with Crippen LogP contribution in [0.3, 0.4) is 0 Å². The van der Waals surface area contributed by atoms with E-state index in [1.54, 1.807) is 0 Å². The summed E-state index contributed by atoms with van der Waals surface area (Å²) in [6, 6.07) is 9.60. The number of carbonyl (C=O) groups excluding carboxylic acids is 1. The van der Waals surface area contributed by atoms with E-state index >= 15 is 0 Å². The molecule has 4 rings (SSSR count). The molecule has 0 aliphatic heterocycles. The molecule has 0 saturated heterocycles. The number of aromatic nitrogens is 4. The third kappa shape index (κ3) is 2.92. The fourth-order valence-corrected chi connectivity index (χ4v) is 3.16. The van der Waals surface area contributed by atoms with Gasteiger partial charge in [-0.2, -0.15) is 0 Å². The zero-order valence-electron chi connectivity index (χ0n) is 15.6. The highest BCUT2D eigenvalue weighted by Gasteiger charge is 2.21. The maximum Gasteiger partial charge on any atom is 0.277 e. The molecule has 0 spiro atoms. The first-order valence-electron chi connectivity index (χ1n) is 8.80. The Balaban J connectivity index is 1.72. The van der Waals surface area contributed by atoms with Crippen LogP contribution < -0.4 is 10.9 Å². The van der Waals surface area contributed by atoms with Gasteiger partial charge in [-0.25, -0.2) is 8.91 Å². The van der Waals surface area contributed by atoms with E-state index in [1.807, 2.05) is 39.0 Å². The van der Waals surface area contributed by atoms with Crippen LogP contribution >= 0.6 is 0 Å². The highest BCUT2D eigenvalue weighted by molar-refractivity contribution is 5.99. The first-order chi connectivity index (χ1) is 13.3. The Morgan fingerprint density at radius 3 is 2.71 bits per heavy atom. The summed E-state index contributed by atoms with van der Waals surface area (Å²) < 4.78 is 14.7. The molecule has 2 N–H and O–H groups in total. The van der Waals surface area contributed by atoms with Crippen LogP contribution in [0.5, 0.6) is 0 Å². The molecule has 28 heavy (non-hydrogen) atoms. The summed E-state index contributed by atoms with van der Waals surface area (Å²) in [5.41, 5.74) is 3.34. The number of nitrogens with zero attached hydrogens (tertiary/aromatic N) is 3. The lowest BCUT2D eigenvalue weighted by Crippen LogP contribution is -2.28. The van der Waals surface area contributed by atoms with Crippen LogP contribution in [0.25, 0.3) is 16.6 Å². The molecule has 142 valence electrons. The number of aryl methyl sites for hydroxylation is 2. The van der Waals surface area contributed by atoms with Gasteiger partial charge in [-0.05, 0) is 55.7 Å². The maximum atomic E-state index is 13.4. The van der Waals surface area contributed by atoms with Crippen LogP contribution in [0.4, 0.5) is 4.39 Å². The number of benzene rings is 2. The molecule has 0 radical (unpaired) electrons. The van der Waals surface area contributed by atoms with E-state index in [9.17, 15) is 14.0 Å². The second-order valence-corrected chi connectivity index (χ2v) is 6.85. The van der Waals surface area contributed by atoms with Crippen molar-refractivity contribution in [2.45, 2.75) is 26.8 Å². The minimum absolute atomic E-state index is 0.0175. The highest BCUT2D eigenvalue weighted by atomic mass is 19.1. The number of rotatable bonds is 3. The molecule has 0 bridgehead atoms. The summed E-state index contributed by atoms with van der Waals surface area (Å²) >= 11 is 0. The van der Waals surface area contributed by atoms with Crippen molar-refractivity contribution in [3.05, 3.63) is 75.0 Å². The summed E-state index contributed by atoms with van der Waals surface area (Å²) in [5.74, 6) is -0.990. The topological polar surface area (TPSA) is 92.2 Å².